The molecule has 88 valence electrons. The normalized spacial score (nSPS) is 19.8. The maximum Gasteiger partial charge on any atom is 0.0748 e. The highest BCUT2D eigenvalue weighted by Crippen LogP contribution is 2.17. The molecule has 1 aliphatic heterocycles. The van der Waals surface area contributed by atoms with Crippen LogP contribution >= 0.6 is 0 Å². The van der Waals surface area contributed by atoms with Gasteiger partial charge in [0.25, 0.3) is 0 Å². The lowest BCUT2D eigenvalue weighted by atomic mass is 10.2. The van der Waals surface area contributed by atoms with Gasteiger partial charge in [-0.15, -0.1) is 0 Å². The molecule has 0 spiro atoms. The van der Waals surface area contributed by atoms with Gasteiger partial charge >= 0.3 is 0 Å². The van der Waals surface area contributed by atoms with E-state index in [1.54, 1.807) is 0 Å². The highest BCUT2D eigenvalue weighted by Gasteiger charge is 2.14. The van der Waals surface area contributed by atoms with E-state index in [1.165, 1.54) is 24.2 Å². The predicted molar refractivity (Wildman–Crippen MR) is 68.2 cm³/mol. The van der Waals surface area contributed by atoms with Gasteiger partial charge in [0.2, 0.25) is 0 Å². The maximum absolute atomic E-state index is 5.57. The van der Waals surface area contributed by atoms with Crippen LogP contribution in [0.3, 0.4) is 0 Å². The van der Waals surface area contributed by atoms with Crippen LogP contribution in [-0.4, -0.2) is 33.4 Å². The largest absolute Gasteiger partial charge is 0.382 e. The number of nitrogens with one attached hydrogen (secondary N) is 1. The fraction of sp³-hybridized carbons (Fsp3) is 0.538. The molecular weight excluding hydrogens is 200 g/mol. The number of hydrogen-bond donors (Lipinski definition) is 1. The molecule has 1 fully saturated rings. The molecule has 0 amide bonds. The summed E-state index contributed by atoms with van der Waals surface area (Å²) in [5.74, 6) is 0. The van der Waals surface area contributed by atoms with Crippen molar-refractivity contribution in [2.45, 2.75) is 18.9 Å². The monoisotopic (exact) mass is 220 g/mol. The van der Waals surface area contributed by atoms with E-state index < -0.39 is 0 Å². The van der Waals surface area contributed by atoms with Crippen LogP contribution in [-0.2, 0) is 4.74 Å². The maximum atomic E-state index is 5.57. The van der Waals surface area contributed by atoms with Gasteiger partial charge in [-0.25, -0.2) is 0 Å². The van der Waals surface area contributed by atoms with E-state index in [0.29, 0.717) is 6.10 Å². The topological polar surface area (TPSA) is 24.5 Å². The Morgan fingerprint density at radius 2 is 2.06 bits per heavy atom. The Bertz CT molecular complexity index is 315. The van der Waals surface area contributed by atoms with E-state index in [0.717, 1.165) is 13.2 Å². The van der Waals surface area contributed by atoms with Gasteiger partial charge < -0.3 is 15.0 Å². The fourth-order valence-electron chi connectivity index (χ4n) is 1.91. The minimum absolute atomic E-state index is 0.397. The first-order valence-corrected chi connectivity index (χ1v) is 5.88. The van der Waals surface area contributed by atoms with Crippen LogP contribution in [0.4, 0.5) is 11.4 Å². The molecule has 1 aliphatic rings. The fourth-order valence-corrected chi connectivity index (χ4v) is 1.91. The third-order valence-corrected chi connectivity index (χ3v) is 2.94. The lowest BCUT2D eigenvalue weighted by Gasteiger charge is -2.15. The molecule has 1 heterocycles. The van der Waals surface area contributed by atoms with Gasteiger partial charge in [-0.2, -0.15) is 0 Å². The average molecular weight is 220 g/mol. The first kappa shape index (κ1) is 11.3. The zero-order chi connectivity index (χ0) is 11.4. The molecular formula is C13H20N2O. The van der Waals surface area contributed by atoms with E-state index >= 15 is 0 Å². The number of rotatable bonds is 4. The summed E-state index contributed by atoms with van der Waals surface area (Å²) in [5, 5.41) is 3.41. The van der Waals surface area contributed by atoms with E-state index in [9.17, 15) is 0 Å². The number of benzene rings is 1. The third kappa shape index (κ3) is 2.89. The van der Waals surface area contributed by atoms with Crippen molar-refractivity contribution < 1.29 is 4.74 Å². The summed E-state index contributed by atoms with van der Waals surface area (Å²) in [6.45, 7) is 1.84. The minimum atomic E-state index is 0.397. The van der Waals surface area contributed by atoms with Crippen molar-refractivity contribution in [2.75, 3.05) is 37.5 Å². The van der Waals surface area contributed by atoms with Gasteiger partial charge in [0.05, 0.1) is 6.10 Å². The van der Waals surface area contributed by atoms with Gasteiger partial charge in [0.15, 0.2) is 0 Å². The van der Waals surface area contributed by atoms with Crippen LogP contribution in [0.2, 0.25) is 0 Å². The van der Waals surface area contributed by atoms with E-state index in [-0.39, 0.29) is 0 Å². The number of hydrogen-bond acceptors (Lipinski definition) is 3. The third-order valence-electron chi connectivity index (χ3n) is 2.94. The van der Waals surface area contributed by atoms with Crippen molar-refractivity contribution in [1.82, 2.24) is 0 Å². The zero-order valence-corrected chi connectivity index (χ0v) is 10.1. The summed E-state index contributed by atoms with van der Waals surface area (Å²) in [7, 11) is 4.10. The summed E-state index contributed by atoms with van der Waals surface area (Å²) in [6, 6.07) is 8.48. The molecule has 0 saturated carbocycles. The molecule has 0 aromatic heterocycles. The van der Waals surface area contributed by atoms with Crippen molar-refractivity contribution in [3.63, 3.8) is 0 Å². The standard InChI is InChI=1S/C13H20N2O/c1-15(2)12-7-5-11(6-8-12)14-10-13-4-3-9-16-13/h5-8,13-14H,3-4,9-10H2,1-2H3. The van der Waals surface area contributed by atoms with Gasteiger partial charge in [-0.1, -0.05) is 0 Å². The van der Waals surface area contributed by atoms with Gasteiger partial charge in [-0.3, -0.25) is 0 Å². The van der Waals surface area contributed by atoms with Crippen molar-refractivity contribution in [3.8, 4) is 0 Å². The first-order chi connectivity index (χ1) is 7.75. The van der Waals surface area contributed by atoms with Crippen molar-refractivity contribution >= 4 is 11.4 Å². The first-order valence-electron chi connectivity index (χ1n) is 5.88. The molecule has 1 aromatic rings. The van der Waals surface area contributed by atoms with Gasteiger partial charge in [-0.05, 0) is 37.1 Å². The number of ether oxygens (including phenoxy) is 1. The van der Waals surface area contributed by atoms with Crippen LogP contribution in [0, 0.1) is 0 Å². The Hall–Kier alpha value is -1.22. The van der Waals surface area contributed by atoms with Gasteiger partial charge in [0.1, 0.15) is 0 Å². The van der Waals surface area contributed by atoms with Crippen LogP contribution in [0.5, 0.6) is 0 Å². The molecule has 0 radical (unpaired) electrons. The SMILES string of the molecule is CN(C)c1ccc(NCC2CCCO2)cc1. The second kappa shape index (κ2) is 5.21. The quantitative estimate of drug-likeness (QED) is 0.843. The van der Waals surface area contributed by atoms with Crippen LogP contribution < -0.4 is 10.2 Å². The molecule has 16 heavy (non-hydrogen) atoms. The van der Waals surface area contributed by atoms with Crippen LogP contribution in [0.15, 0.2) is 24.3 Å². The molecule has 1 atom stereocenters. The molecule has 0 aliphatic carbocycles. The zero-order valence-electron chi connectivity index (χ0n) is 10.1. The van der Waals surface area contributed by atoms with Gasteiger partial charge in [0, 0.05) is 38.6 Å². The predicted octanol–water partition coefficient (Wildman–Crippen LogP) is 2.34. The van der Waals surface area contributed by atoms with E-state index in [2.05, 4.69) is 48.6 Å². The Balaban J connectivity index is 1.84. The van der Waals surface area contributed by atoms with Crippen molar-refractivity contribution in [2.24, 2.45) is 0 Å². The molecule has 2 rings (SSSR count). The molecule has 1 unspecified atom stereocenters. The summed E-state index contributed by atoms with van der Waals surface area (Å²) in [6.07, 6.45) is 2.78. The lowest BCUT2D eigenvalue weighted by molar-refractivity contribution is 0.120. The molecule has 0 bridgehead atoms. The van der Waals surface area contributed by atoms with Crippen molar-refractivity contribution in [3.05, 3.63) is 24.3 Å². The number of anilines is 2. The Morgan fingerprint density at radius 3 is 2.62 bits per heavy atom. The highest BCUT2D eigenvalue weighted by atomic mass is 16.5. The molecule has 3 heteroatoms. The van der Waals surface area contributed by atoms with E-state index in [4.69, 9.17) is 4.74 Å². The van der Waals surface area contributed by atoms with Crippen molar-refractivity contribution in [1.29, 1.82) is 0 Å². The van der Waals surface area contributed by atoms with Crippen LogP contribution in [0.1, 0.15) is 12.8 Å². The lowest BCUT2D eigenvalue weighted by Crippen LogP contribution is -2.18. The Labute approximate surface area is 97.4 Å². The van der Waals surface area contributed by atoms with Crippen LogP contribution in [0.25, 0.3) is 0 Å². The summed E-state index contributed by atoms with van der Waals surface area (Å²) < 4.78 is 5.57. The second-order valence-electron chi connectivity index (χ2n) is 4.46. The second-order valence-corrected chi connectivity index (χ2v) is 4.46. The summed E-state index contributed by atoms with van der Waals surface area (Å²) in [5.41, 5.74) is 2.39. The minimum Gasteiger partial charge on any atom is -0.382 e. The molecule has 3 nitrogen and oxygen atoms in total. The summed E-state index contributed by atoms with van der Waals surface area (Å²) in [4.78, 5) is 2.10. The molecule has 1 aromatic carbocycles. The Morgan fingerprint density at radius 1 is 1.31 bits per heavy atom. The summed E-state index contributed by atoms with van der Waals surface area (Å²) >= 11 is 0. The smallest absolute Gasteiger partial charge is 0.0748 e. The van der Waals surface area contributed by atoms with E-state index in [1.807, 2.05) is 0 Å². The molecule has 1 saturated heterocycles. The molecule has 1 N–H and O–H groups in total. The Kier molecular flexibility index (Phi) is 3.67. The number of nitrogens with zero attached hydrogens (tertiary/aromatic N) is 1. The average Bonchev–Trinajstić information content (AvgIpc) is 2.80. The highest BCUT2D eigenvalue weighted by molar-refractivity contribution is 5.54.